The standard InChI is InChI=1S/C16H15NO2S.C9H8BrNO2S/c1-2-19-16(18)14-10-15-13(17-14)9-12(20-15)8-11-6-4-3-5-7-11;1-2-13-9(12)6-3-7-5(11-6)4-8(10)14-7/h3-7,9-10,17H,2,8H2,1H3;3-4,11H,2H2,1H3. The molecule has 2 N–H and O–H groups in total. The SMILES string of the molecule is CCOC(=O)c1cc2sc(Br)cc2[nH]1.CCOC(=O)c1cc2sc(Cc3ccccc3)cc2[nH]1. The third-order valence-electron chi connectivity index (χ3n) is 4.84. The molecule has 5 aromatic rings. The lowest BCUT2D eigenvalue weighted by atomic mass is 10.1. The van der Waals surface area contributed by atoms with Gasteiger partial charge in [0.05, 0.1) is 37.4 Å². The lowest BCUT2D eigenvalue weighted by Crippen LogP contribution is -2.04. The van der Waals surface area contributed by atoms with Crippen molar-refractivity contribution in [1.29, 1.82) is 0 Å². The van der Waals surface area contributed by atoms with Crippen molar-refractivity contribution in [2.45, 2.75) is 20.3 Å². The molecule has 1 aromatic carbocycles. The molecule has 9 heteroatoms. The Bertz CT molecular complexity index is 1350. The third-order valence-corrected chi connectivity index (χ3v) is 7.51. The van der Waals surface area contributed by atoms with E-state index in [4.69, 9.17) is 9.47 Å². The van der Waals surface area contributed by atoms with Crippen LogP contribution in [-0.4, -0.2) is 35.1 Å². The summed E-state index contributed by atoms with van der Waals surface area (Å²) in [6, 6.07) is 18.1. The number of rotatable bonds is 6. The van der Waals surface area contributed by atoms with E-state index in [1.807, 2.05) is 36.4 Å². The van der Waals surface area contributed by atoms with Gasteiger partial charge in [0, 0.05) is 11.3 Å². The first-order valence-corrected chi connectivity index (χ1v) is 13.2. The second kappa shape index (κ2) is 11.0. The lowest BCUT2D eigenvalue weighted by molar-refractivity contribution is 0.0511. The molecule has 0 aliphatic heterocycles. The van der Waals surface area contributed by atoms with Crippen LogP contribution >= 0.6 is 38.6 Å². The molecule has 0 aliphatic rings. The molecule has 0 saturated carbocycles. The van der Waals surface area contributed by atoms with Crippen molar-refractivity contribution in [2.24, 2.45) is 0 Å². The summed E-state index contributed by atoms with van der Waals surface area (Å²) in [6.07, 6.45) is 0.919. The zero-order valence-corrected chi connectivity index (χ0v) is 21.9. The Morgan fingerprint density at radius 2 is 1.38 bits per heavy atom. The first-order valence-electron chi connectivity index (χ1n) is 10.7. The molecule has 0 fully saturated rings. The van der Waals surface area contributed by atoms with Gasteiger partial charge in [-0.15, -0.1) is 22.7 Å². The first kappa shape index (κ1) is 24.3. The minimum Gasteiger partial charge on any atom is -0.461 e. The van der Waals surface area contributed by atoms with Crippen LogP contribution < -0.4 is 0 Å². The number of H-pyrrole nitrogens is 2. The van der Waals surface area contributed by atoms with Crippen molar-refractivity contribution < 1.29 is 19.1 Å². The number of aromatic nitrogens is 2. The van der Waals surface area contributed by atoms with Crippen molar-refractivity contribution in [2.75, 3.05) is 13.2 Å². The van der Waals surface area contributed by atoms with Gasteiger partial charge in [0.1, 0.15) is 11.4 Å². The van der Waals surface area contributed by atoms with E-state index in [9.17, 15) is 9.59 Å². The van der Waals surface area contributed by atoms with E-state index in [2.05, 4.69) is 44.1 Å². The summed E-state index contributed by atoms with van der Waals surface area (Å²) in [5.74, 6) is -0.590. The molecule has 5 rings (SSSR count). The molecule has 34 heavy (non-hydrogen) atoms. The molecule has 0 amide bonds. The number of esters is 2. The zero-order chi connectivity index (χ0) is 24.1. The van der Waals surface area contributed by atoms with Gasteiger partial charge in [-0.3, -0.25) is 0 Å². The number of carbonyl (C=O) groups excluding carboxylic acids is 2. The van der Waals surface area contributed by atoms with Crippen molar-refractivity contribution in [3.63, 3.8) is 0 Å². The predicted molar refractivity (Wildman–Crippen MR) is 141 cm³/mol. The highest BCUT2D eigenvalue weighted by molar-refractivity contribution is 9.11. The minimum atomic E-state index is -0.299. The van der Waals surface area contributed by atoms with Gasteiger partial charge in [0.2, 0.25) is 0 Å². The highest BCUT2D eigenvalue weighted by Crippen LogP contribution is 2.30. The number of aromatic amines is 2. The topological polar surface area (TPSA) is 84.2 Å². The minimum absolute atomic E-state index is 0.291. The fourth-order valence-corrected chi connectivity index (χ4v) is 6.02. The van der Waals surface area contributed by atoms with Crippen LogP contribution in [0.25, 0.3) is 20.4 Å². The lowest BCUT2D eigenvalue weighted by Gasteiger charge is -1.98. The predicted octanol–water partition coefficient (Wildman–Crippen LogP) is 7.17. The molecule has 6 nitrogen and oxygen atoms in total. The van der Waals surface area contributed by atoms with Crippen LogP contribution in [0.1, 0.15) is 45.3 Å². The second-order valence-electron chi connectivity index (χ2n) is 7.29. The van der Waals surface area contributed by atoms with E-state index in [0.29, 0.717) is 24.6 Å². The Kier molecular flexibility index (Phi) is 7.87. The van der Waals surface area contributed by atoms with Gasteiger partial charge in [-0.2, -0.15) is 0 Å². The average Bonchev–Trinajstić information content (AvgIpc) is 3.54. The van der Waals surface area contributed by atoms with Crippen molar-refractivity contribution in [1.82, 2.24) is 9.97 Å². The first-order chi connectivity index (χ1) is 16.5. The van der Waals surface area contributed by atoms with E-state index < -0.39 is 0 Å². The summed E-state index contributed by atoms with van der Waals surface area (Å²) in [4.78, 5) is 30.4. The molecule has 0 saturated heterocycles. The van der Waals surface area contributed by atoms with E-state index in [-0.39, 0.29) is 11.9 Å². The summed E-state index contributed by atoms with van der Waals surface area (Å²) in [7, 11) is 0. The molecule has 4 aromatic heterocycles. The molecule has 176 valence electrons. The Morgan fingerprint density at radius 3 is 1.91 bits per heavy atom. The highest BCUT2D eigenvalue weighted by Gasteiger charge is 2.13. The van der Waals surface area contributed by atoms with Crippen molar-refractivity contribution in [3.05, 3.63) is 80.2 Å². The highest BCUT2D eigenvalue weighted by atomic mass is 79.9. The number of nitrogens with one attached hydrogen (secondary N) is 2. The maximum Gasteiger partial charge on any atom is 0.354 e. The van der Waals surface area contributed by atoms with Crippen molar-refractivity contribution in [3.8, 4) is 0 Å². The summed E-state index contributed by atoms with van der Waals surface area (Å²) in [5, 5.41) is 0. The van der Waals surface area contributed by atoms with Gasteiger partial charge in [-0.25, -0.2) is 9.59 Å². The maximum absolute atomic E-state index is 11.6. The number of hydrogen-bond donors (Lipinski definition) is 2. The molecule has 0 atom stereocenters. The fourth-order valence-electron chi connectivity index (χ4n) is 3.39. The Balaban J connectivity index is 0.000000172. The van der Waals surface area contributed by atoms with Crippen LogP contribution in [0.15, 0.2) is 58.4 Å². The molecular formula is C25H23BrN2O4S2. The Hall–Kier alpha value is -2.88. The largest absolute Gasteiger partial charge is 0.461 e. The number of halogens is 1. The van der Waals surface area contributed by atoms with E-state index in [1.165, 1.54) is 10.4 Å². The normalized spacial score (nSPS) is 10.8. The number of benzene rings is 1. The monoisotopic (exact) mass is 558 g/mol. The Morgan fingerprint density at radius 1 is 0.824 bits per heavy atom. The van der Waals surface area contributed by atoms with Gasteiger partial charge >= 0.3 is 11.9 Å². The van der Waals surface area contributed by atoms with Crippen molar-refractivity contribution >= 4 is 71.0 Å². The zero-order valence-electron chi connectivity index (χ0n) is 18.6. The molecule has 0 radical (unpaired) electrons. The van der Waals surface area contributed by atoms with Gasteiger partial charge in [0.15, 0.2) is 0 Å². The summed E-state index contributed by atoms with van der Waals surface area (Å²) in [5.41, 5.74) is 4.30. The number of carbonyl (C=O) groups is 2. The van der Waals surface area contributed by atoms with E-state index in [1.54, 1.807) is 36.5 Å². The van der Waals surface area contributed by atoms with Gasteiger partial charge in [0.25, 0.3) is 0 Å². The summed E-state index contributed by atoms with van der Waals surface area (Å²) >= 11 is 6.67. The molecule has 0 aliphatic carbocycles. The maximum atomic E-state index is 11.6. The van der Waals surface area contributed by atoms with E-state index >= 15 is 0 Å². The average molecular weight is 560 g/mol. The molecule has 0 unspecified atom stereocenters. The number of thiophene rings is 2. The van der Waals surface area contributed by atoms with E-state index in [0.717, 1.165) is 30.6 Å². The van der Waals surface area contributed by atoms with Crippen LogP contribution in [0, 0.1) is 0 Å². The summed E-state index contributed by atoms with van der Waals surface area (Å²) in [6.45, 7) is 4.39. The molecular weight excluding hydrogens is 536 g/mol. The van der Waals surface area contributed by atoms with Gasteiger partial charge < -0.3 is 19.4 Å². The molecule has 0 spiro atoms. The smallest absolute Gasteiger partial charge is 0.354 e. The van der Waals surface area contributed by atoms with Crippen LogP contribution in [0.4, 0.5) is 0 Å². The van der Waals surface area contributed by atoms with Crippen LogP contribution in [-0.2, 0) is 15.9 Å². The second-order valence-corrected chi connectivity index (χ2v) is 10.9. The van der Waals surface area contributed by atoms with Crippen LogP contribution in [0.2, 0.25) is 0 Å². The molecule has 4 heterocycles. The Labute approximate surface area is 213 Å². The number of hydrogen-bond acceptors (Lipinski definition) is 6. The fraction of sp³-hybridized carbons (Fsp3) is 0.200. The van der Waals surface area contributed by atoms with Gasteiger partial charge in [-0.1, -0.05) is 30.3 Å². The molecule has 0 bridgehead atoms. The van der Waals surface area contributed by atoms with Gasteiger partial charge in [-0.05, 0) is 59.6 Å². The quantitative estimate of drug-likeness (QED) is 0.216. The third kappa shape index (κ3) is 5.78. The number of ether oxygens (including phenoxy) is 2. The summed E-state index contributed by atoms with van der Waals surface area (Å²) < 4.78 is 13.1. The van der Waals surface area contributed by atoms with Crippen LogP contribution in [0.5, 0.6) is 0 Å². The van der Waals surface area contributed by atoms with Crippen LogP contribution in [0.3, 0.4) is 0 Å². The number of fused-ring (bicyclic) bond motifs is 2.